The molecule has 0 aromatic heterocycles. The molecule has 0 saturated heterocycles. The van der Waals surface area contributed by atoms with Crippen LogP contribution in [0.2, 0.25) is 0 Å². The molecule has 0 saturated carbocycles. The molecule has 0 spiro atoms. The molecule has 11 heavy (non-hydrogen) atoms. The standard InChI is InChI=1S/C7H6BrFIN/c1-3-6(9)5(11)2-4(8)7(3)10/h2H,11H2,1H3. The number of halogens is 3. The highest BCUT2D eigenvalue weighted by atomic mass is 127. The highest BCUT2D eigenvalue weighted by Crippen LogP contribution is 2.28. The molecule has 1 nitrogen and oxygen atoms in total. The first-order valence-electron chi connectivity index (χ1n) is 2.93. The largest absolute Gasteiger partial charge is 0.396 e. The van der Waals surface area contributed by atoms with Crippen molar-refractivity contribution in [2.75, 3.05) is 5.73 Å². The number of benzene rings is 1. The Morgan fingerprint density at radius 2 is 2.18 bits per heavy atom. The van der Waals surface area contributed by atoms with Crippen LogP contribution in [-0.4, -0.2) is 0 Å². The summed E-state index contributed by atoms with van der Waals surface area (Å²) < 4.78 is 14.7. The Bertz CT molecular complexity index is 275. The van der Waals surface area contributed by atoms with E-state index in [1.54, 1.807) is 13.0 Å². The van der Waals surface area contributed by atoms with Crippen molar-refractivity contribution < 1.29 is 4.39 Å². The molecule has 1 aromatic rings. The van der Waals surface area contributed by atoms with Crippen LogP contribution in [0.5, 0.6) is 0 Å². The molecule has 0 aliphatic carbocycles. The molecule has 0 aliphatic heterocycles. The first-order chi connectivity index (χ1) is 5.04. The first-order valence-corrected chi connectivity index (χ1v) is 4.80. The second-order valence-electron chi connectivity index (χ2n) is 2.20. The molecule has 4 heteroatoms. The van der Waals surface area contributed by atoms with E-state index in [1.165, 1.54) is 0 Å². The van der Waals surface area contributed by atoms with Crippen LogP contribution >= 0.6 is 38.5 Å². The summed E-state index contributed by atoms with van der Waals surface area (Å²) in [5.41, 5.74) is 6.17. The summed E-state index contributed by atoms with van der Waals surface area (Å²) in [6, 6.07) is 1.57. The molecule has 0 fully saturated rings. The molecular formula is C7H6BrFIN. The summed E-state index contributed by atoms with van der Waals surface area (Å²) in [5, 5.41) is 0. The van der Waals surface area contributed by atoms with Gasteiger partial charge in [-0.05, 0) is 51.5 Å². The van der Waals surface area contributed by atoms with Gasteiger partial charge in [-0.25, -0.2) is 4.39 Å². The van der Waals surface area contributed by atoms with Crippen LogP contribution in [0.15, 0.2) is 10.5 Å². The van der Waals surface area contributed by atoms with Gasteiger partial charge in [-0.3, -0.25) is 0 Å². The Kier molecular flexibility index (Phi) is 2.74. The fourth-order valence-electron chi connectivity index (χ4n) is 0.755. The quantitative estimate of drug-likeness (QED) is 0.442. The number of hydrogen-bond acceptors (Lipinski definition) is 1. The van der Waals surface area contributed by atoms with Gasteiger partial charge < -0.3 is 5.73 Å². The molecule has 0 aliphatic rings. The SMILES string of the molecule is Cc1c(F)c(N)cc(Br)c1I. The summed E-state index contributed by atoms with van der Waals surface area (Å²) in [6.07, 6.45) is 0. The van der Waals surface area contributed by atoms with Gasteiger partial charge in [-0.1, -0.05) is 0 Å². The average Bonchev–Trinajstić information content (AvgIpc) is 1.97. The molecule has 0 unspecified atom stereocenters. The summed E-state index contributed by atoms with van der Waals surface area (Å²) in [5.74, 6) is -0.322. The van der Waals surface area contributed by atoms with Crippen LogP contribution in [0.4, 0.5) is 10.1 Å². The van der Waals surface area contributed by atoms with E-state index in [9.17, 15) is 4.39 Å². The van der Waals surface area contributed by atoms with Crippen LogP contribution in [0.25, 0.3) is 0 Å². The van der Waals surface area contributed by atoms with Crippen molar-refractivity contribution >= 4 is 44.2 Å². The second kappa shape index (κ2) is 3.26. The highest BCUT2D eigenvalue weighted by molar-refractivity contribution is 14.1. The van der Waals surface area contributed by atoms with Crippen molar-refractivity contribution in [3.63, 3.8) is 0 Å². The Balaban J connectivity index is 3.46. The van der Waals surface area contributed by atoms with Crippen molar-refractivity contribution in [3.8, 4) is 0 Å². The van der Waals surface area contributed by atoms with Gasteiger partial charge in [0.05, 0.1) is 5.69 Å². The fraction of sp³-hybridized carbons (Fsp3) is 0.143. The van der Waals surface area contributed by atoms with Gasteiger partial charge in [0.15, 0.2) is 0 Å². The van der Waals surface area contributed by atoms with E-state index in [2.05, 4.69) is 38.5 Å². The predicted octanol–water partition coefficient (Wildman–Crippen LogP) is 3.08. The lowest BCUT2D eigenvalue weighted by atomic mass is 10.2. The maximum atomic E-state index is 13.0. The maximum Gasteiger partial charge on any atom is 0.150 e. The zero-order valence-electron chi connectivity index (χ0n) is 5.79. The zero-order chi connectivity index (χ0) is 8.59. The van der Waals surface area contributed by atoms with Crippen LogP contribution in [0.3, 0.4) is 0 Å². The summed E-state index contributed by atoms with van der Waals surface area (Å²) in [7, 11) is 0. The van der Waals surface area contributed by atoms with Crippen LogP contribution in [-0.2, 0) is 0 Å². The maximum absolute atomic E-state index is 13.0. The molecular weight excluding hydrogens is 324 g/mol. The average molecular weight is 330 g/mol. The van der Waals surface area contributed by atoms with Gasteiger partial charge in [0.25, 0.3) is 0 Å². The van der Waals surface area contributed by atoms with Crippen molar-refractivity contribution in [2.45, 2.75) is 6.92 Å². The lowest BCUT2D eigenvalue weighted by Crippen LogP contribution is -1.96. The van der Waals surface area contributed by atoms with Crippen LogP contribution in [0.1, 0.15) is 5.56 Å². The summed E-state index contributed by atoms with van der Waals surface area (Å²) in [4.78, 5) is 0. The van der Waals surface area contributed by atoms with E-state index in [4.69, 9.17) is 5.73 Å². The molecule has 60 valence electrons. The third-order valence-electron chi connectivity index (χ3n) is 1.40. The second-order valence-corrected chi connectivity index (χ2v) is 4.13. The number of nitrogens with two attached hydrogens (primary N) is 1. The lowest BCUT2D eigenvalue weighted by molar-refractivity contribution is 0.621. The molecule has 0 amide bonds. The van der Waals surface area contributed by atoms with E-state index < -0.39 is 0 Å². The normalized spacial score (nSPS) is 10.2. The van der Waals surface area contributed by atoms with Crippen molar-refractivity contribution in [3.05, 3.63) is 25.5 Å². The van der Waals surface area contributed by atoms with Crippen LogP contribution < -0.4 is 5.73 Å². The molecule has 1 aromatic carbocycles. The van der Waals surface area contributed by atoms with Crippen molar-refractivity contribution in [1.82, 2.24) is 0 Å². The van der Waals surface area contributed by atoms with Gasteiger partial charge in [0, 0.05) is 13.6 Å². The molecule has 0 atom stereocenters. The Hall–Kier alpha value is 0.160. The monoisotopic (exact) mass is 329 g/mol. The topological polar surface area (TPSA) is 26.0 Å². The minimum atomic E-state index is -0.322. The minimum absolute atomic E-state index is 0.190. The Labute approximate surface area is 86.4 Å². The Morgan fingerprint density at radius 1 is 1.64 bits per heavy atom. The van der Waals surface area contributed by atoms with Gasteiger partial charge in [0.2, 0.25) is 0 Å². The predicted molar refractivity (Wildman–Crippen MR) is 56.0 cm³/mol. The highest BCUT2D eigenvalue weighted by Gasteiger charge is 2.08. The number of anilines is 1. The number of rotatable bonds is 0. The molecule has 0 radical (unpaired) electrons. The molecule has 0 bridgehead atoms. The Morgan fingerprint density at radius 3 is 2.73 bits per heavy atom. The first kappa shape index (κ1) is 9.25. The number of nitrogen functional groups attached to an aromatic ring is 1. The van der Waals surface area contributed by atoms with E-state index >= 15 is 0 Å². The van der Waals surface area contributed by atoms with Gasteiger partial charge >= 0.3 is 0 Å². The van der Waals surface area contributed by atoms with Crippen molar-refractivity contribution in [1.29, 1.82) is 0 Å². The summed E-state index contributed by atoms with van der Waals surface area (Å²) >= 11 is 5.35. The number of hydrogen-bond donors (Lipinski definition) is 1. The fourth-order valence-corrected chi connectivity index (χ4v) is 1.69. The molecule has 1 rings (SSSR count). The molecule has 0 heterocycles. The smallest absolute Gasteiger partial charge is 0.150 e. The van der Waals surface area contributed by atoms with Gasteiger partial charge in [-0.2, -0.15) is 0 Å². The van der Waals surface area contributed by atoms with Gasteiger partial charge in [-0.15, -0.1) is 0 Å². The van der Waals surface area contributed by atoms with E-state index in [1.807, 2.05) is 0 Å². The van der Waals surface area contributed by atoms with Gasteiger partial charge in [0.1, 0.15) is 5.82 Å². The zero-order valence-corrected chi connectivity index (χ0v) is 9.53. The lowest BCUT2D eigenvalue weighted by Gasteiger charge is -2.04. The molecule has 2 N–H and O–H groups in total. The van der Waals surface area contributed by atoms with E-state index in [0.717, 1.165) is 8.04 Å². The van der Waals surface area contributed by atoms with E-state index in [-0.39, 0.29) is 11.5 Å². The summed E-state index contributed by atoms with van der Waals surface area (Å²) in [6.45, 7) is 1.71. The van der Waals surface area contributed by atoms with Crippen LogP contribution in [0, 0.1) is 16.3 Å². The van der Waals surface area contributed by atoms with E-state index in [0.29, 0.717) is 5.56 Å². The minimum Gasteiger partial charge on any atom is -0.396 e. The third-order valence-corrected chi connectivity index (χ3v) is 4.16. The third kappa shape index (κ3) is 1.66. The van der Waals surface area contributed by atoms with Crippen molar-refractivity contribution in [2.24, 2.45) is 0 Å².